The number of hydrogen-bond donors (Lipinski definition) is 0. The number of carbonyl (C=O) groups excluding carboxylic acids is 1. The van der Waals surface area contributed by atoms with Crippen LogP contribution in [0.4, 0.5) is 5.82 Å². The van der Waals surface area contributed by atoms with E-state index >= 15 is 0 Å². The molecule has 0 N–H and O–H groups in total. The molecule has 1 aromatic carbocycles. The molecule has 0 fully saturated rings. The Kier molecular flexibility index (Phi) is 5.89. The van der Waals surface area contributed by atoms with Crippen LogP contribution in [-0.4, -0.2) is 23.7 Å². The molecule has 5 heteroatoms. The lowest BCUT2D eigenvalue weighted by atomic mass is 10.1. The number of benzene rings is 1. The van der Waals surface area contributed by atoms with Crippen molar-refractivity contribution in [1.82, 2.24) is 4.98 Å². The van der Waals surface area contributed by atoms with Crippen molar-refractivity contribution < 1.29 is 14.3 Å². The van der Waals surface area contributed by atoms with Crippen molar-refractivity contribution in [3.05, 3.63) is 54.2 Å². The number of amides is 1. The zero-order valence-corrected chi connectivity index (χ0v) is 15.2. The Balaban J connectivity index is 1.83. The van der Waals surface area contributed by atoms with Gasteiger partial charge in [-0.15, -0.1) is 0 Å². The largest absolute Gasteiger partial charge is 0.454 e. The van der Waals surface area contributed by atoms with Crippen LogP contribution in [0.2, 0.25) is 0 Å². The fraction of sp³-hybridized carbons (Fsp3) is 0.333. The molecule has 0 aliphatic carbocycles. The molecule has 136 valence electrons. The van der Waals surface area contributed by atoms with E-state index < -0.39 is 0 Å². The van der Waals surface area contributed by atoms with Crippen LogP contribution in [0.15, 0.2) is 48.7 Å². The van der Waals surface area contributed by atoms with Crippen LogP contribution in [-0.2, 0) is 4.79 Å². The molecule has 1 unspecified atom stereocenters. The molecule has 0 bridgehead atoms. The van der Waals surface area contributed by atoms with Crippen molar-refractivity contribution in [2.75, 3.05) is 11.7 Å². The molecule has 0 saturated carbocycles. The standard InChI is InChI=1S/C21H24N2O3/c1-3-7-17(4-2)23(20-8-5-6-13-22-20)21(24)12-10-16-9-11-18-19(14-16)26-15-25-18/h5-6,8-14,17H,3-4,7,15H2,1-2H3/b12-10+. The van der Waals surface area contributed by atoms with Gasteiger partial charge in [-0.25, -0.2) is 4.98 Å². The van der Waals surface area contributed by atoms with Gasteiger partial charge in [0.1, 0.15) is 5.82 Å². The summed E-state index contributed by atoms with van der Waals surface area (Å²) in [4.78, 5) is 19.2. The maximum Gasteiger partial charge on any atom is 0.252 e. The number of rotatable bonds is 7. The Bertz CT molecular complexity index is 774. The molecule has 5 nitrogen and oxygen atoms in total. The molecule has 0 radical (unpaired) electrons. The second-order valence-electron chi connectivity index (χ2n) is 6.19. The summed E-state index contributed by atoms with van der Waals surface area (Å²) >= 11 is 0. The quantitative estimate of drug-likeness (QED) is 0.692. The van der Waals surface area contributed by atoms with Crippen LogP contribution in [0.1, 0.15) is 38.7 Å². The van der Waals surface area contributed by atoms with Crippen molar-refractivity contribution in [3.8, 4) is 11.5 Å². The lowest BCUT2D eigenvalue weighted by Crippen LogP contribution is -2.39. The van der Waals surface area contributed by atoms with Gasteiger partial charge in [-0.1, -0.05) is 32.4 Å². The van der Waals surface area contributed by atoms with Gasteiger partial charge in [-0.05, 0) is 48.7 Å². The lowest BCUT2D eigenvalue weighted by Gasteiger charge is -2.29. The Morgan fingerprint density at radius 3 is 2.81 bits per heavy atom. The number of ether oxygens (including phenoxy) is 2. The summed E-state index contributed by atoms with van der Waals surface area (Å²) in [6.07, 6.45) is 7.96. The van der Waals surface area contributed by atoms with Gasteiger partial charge in [-0.2, -0.15) is 0 Å². The van der Waals surface area contributed by atoms with Crippen molar-refractivity contribution in [2.45, 2.75) is 39.2 Å². The number of anilines is 1. The maximum atomic E-state index is 13.0. The van der Waals surface area contributed by atoms with Crippen LogP contribution in [0.3, 0.4) is 0 Å². The first-order valence-corrected chi connectivity index (χ1v) is 9.05. The molecule has 1 atom stereocenters. The summed E-state index contributed by atoms with van der Waals surface area (Å²) in [6, 6.07) is 11.4. The molecule has 1 aliphatic rings. The molecule has 3 rings (SSSR count). The highest BCUT2D eigenvalue weighted by molar-refractivity contribution is 6.03. The Morgan fingerprint density at radius 1 is 1.23 bits per heavy atom. The van der Waals surface area contributed by atoms with Gasteiger partial charge in [0.05, 0.1) is 0 Å². The fourth-order valence-electron chi connectivity index (χ4n) is 3.09. The smallest absolute Gasteiger partial charge is 0.252 e. The van der Waals surface area contributed by atoms with Gasteiger partial charge in [0.25, 0.3) is 5.91 Å². The maximum absolute atomic E-state index is 13.0. The Labute approximate surface area is 154 Å². The van der Waals surface area contributed by atoms with E-state index in [1.54, 1.807) is 23.2 Å². The highest BCUT2D eigenvalue weighted by Crippen LogP contribution is 2.32. The summed E-state index contributed by atoms with van der Waals surface area (Å²) in [6.45, 7) is 4.47. The number of aromatic nitrogens is 1. The molecular weight excluding hydrogens is 328 g/mol. The second kappa shape index (κ2) is 8.52. The van der Waals surface area contributed by atoms with Crippen LogP contribution in [0.5, 0.6) is 11.5 Å². The third-order valence-corrected chi connectivity index (χ3v) is 4.41. The highest BCUT2D eigenvalue weighted by Gasteiger charge is 2.23. The number of fused-ring (bicyclic) bond motifs is 1. The summed E-state index contributed by atoms with van der Waals surface area (Å²) in [5, 5.41) is 0. The highest BCUT2D eigenvalue weighted by atomic mass is 16.7. The normalized spacial score (nSPS) is 13.8. The third-order valence-electron chi connectivity index (χ3n) is 4.41. The molecule has 26 heavy (non-hydrogen) atoms. The van der Waals surface area contributed by atoms with Gasteiger partial charge in [0, 0.05) is 18.3 Å². The average Bonchev–Trinajstić information content (AvgIpc) is 3.14. The van der Waals surface area contributed by atoms with Crippen LogP contribution < -0.4 is 14.4 Å². The zero-order valence-electron chi connectivity index (χ0n) is 15.2. The molecule has 1 amide bonds. The first-order chi connectivity index (χ1) is 12.7. The average molecular weight is 352 g/mol. The summed E-state index contributed by atoms with van der Waals surface area (Å²) < 4.78 is 10.7. The van der Waals surface area contributed by atoms with E-state index in [9.17, 15) is 4.79 Å². The third kappa shape index (κ3) is 4.04. The van der Waals surface area contributed by atoms with Crippen molar-refractivity contribution in [1.29, 1.82) is 0 Å². The molecule has 2 heterocycles. The zero-order chi connectivity index (χ0) is 18.4. The summed E-state index contributed by atoms with van der Waals surface area (Å²) in [5.74, 6) is 2.06. The van der Waals surface area contributed by atoms with E-state index in [0.717, 1.165) is 30.6 Å². The molecule has 0 spiro atoms. The minimum absolute atomic E-state index is 0.0679. The second-order valence-corrected chi connectivity index (χ2v) is 6.19. The SMILES string of the molecule is CCCC(CC)N(C(=O)/C=C/c1ccc2c(c1)OCO2)c1ccccn1. The lowest BCUT2D eigenvalue weighted by molar-refractivity contribution is -0.114. The van der Waals surface area contributed by atoms with Crippen molar-refractivity contribution in [3.63, 3.8) is 0 Å². The van der Waals surface area contributed by atoms with E-state index in [4.69, 9.17) is 9.47 Å². The topological polar surface area (TPSA) is 51.7 Å². The predicted molar refractivity (Wildman–Crippen MR) is 102 cm³/mol. The van der Waals surface area contributed by atoms with Crippen LogP contribution in [0, 0.1) is 0 Å². The number of hydrogen-bond acceptors (Lipinski definition) is 4. The Hall–Kier alpha value is -2.82. The molecule has 1 aromatic heterocycles. The molecule has 0 saturated heterocycles. The van der Waals surface area contributed by atoms with Gasteiger partial charge < -0.3 is 9.47 Å². The predicted octanol–water partition coefficient (Wildman–Crippen LogP) is 4.44. The fourth-order valence-corrected chi connectivity index (χ4v) is 3.09. The molecule has 1 aliphatic heterocycles. The number of carbonyl (C=O) groups is 1. The van der Waals surface area contributed by atoms with Crippen molar-refractivity contribution in [2.24, 2.45) is 0 Å². The minimum Gasteiger partial charge on any atom is -0.454 e. The van der Waals surface area contributed by atoms with E-state index in [0.29, 0.717) is 11.6 Å². The van der Waals surface area contributed by atoms with E-state index in [2.05, 4.69) is 18.8 Å². The molecule has 2 aromatic rings. The van der Waals surface area contributed by atoms with Gasteiger partial charge in [0.2, 0.25) is 6.79 Å². The number of nitrogens with zero attached hydrogens (tertiary/aromatic N) is 2. The van der Waals surface area contributed by atoms with Crippen LogP contribution >= 0.6 is 0 Å². The van der Waals surface area contributed by atoms with Crippen LogP contribution in [0.25, 0.3) is 6.08 Å². The first-order valence-electron chi connectivity index (χ1n) is 9.05. The van der Waals surface area contributed by atoms with Crippen molar-refractivity contribution >= 4 is 17.8 Å². The minimum atomic E-state index is -0.0679. The molecular formula is C21H24N2O3. The monoisotopic (exact) mass is 352 g/mol. The van der Waals surface area contributed by atoms with E-state index in [1.165, 1.54) is 0 Å². The van der Waals surface area contributed by atoms with E-state index in [-0.39, 0.29) is 18.7 Å². The Morgan fingerprint density at radius 2 is 2.08 bits per heavy atom. The van der Waals surface area contributed by atoms with E-state index in [1.807, 2.05) is 36.4 Å². The van der Waals surface area contributed by atoms with Gasteiger partial charge in [0.15, 0.2) is 11.5 Å². The van der Waals surface area contributed by atoms with Gasteiger partial charge >= 0.3 is 0 Å². The summed E-state index contributed by atoms with van der Waals surface area (Å²) in [7, 11) is 0. The summed E-state index contributed by atoms with van der Waals surface area (Å²) in [5.41, 5.74) is 0.895. The first kappa shape index (κ1) is 18.0. The number of pyridine rings is 1. The van der Waals surface area contributed by atoms with Gasteiger partial charge in [-0.3, -0.25) is 9.69 Å².